The molecule has 5 nitrogen and oxygen atoms in total. The molecule has 86 valence electrons. The van der Waals surface area contributed by atoms with Crippen LogP contribution in [0.2, 0.25) is 0 Å². The van der Waals surface area contributed by atoms with Crippen LogP contribution in [0.5, 0.6) is 0 Å². The highest BCUT2D eigenvalue weighted by Gasteiger charge is 2.05. The van der Waals surface area contributed by atoms with Crippen LogP contribution in [-0.4, -0.2) is 32.1 Å². The maximum absolute atomic E-state index is 11.1. The Balaban J connectivity index is 3.81. The number of esters is 1. The number of hydrogen-bond acceptors (Lipinski definition) is 4. The first-order chi connectivity index (χ1) is 7.11. The summed E-state index contributed by atoms with van der Waals surface area (Å²) in [4.78, 5) is 21.5. The predicted octanol–water partition coefficient (Wildman–Crippen LogP) is -0.0392. The quantitative estimate of drug-likeness (QED) is 0.354. The average molecular weight is 214 g/mol. The topological polar surface area (TPSA) is 81.4 Å². The van der Waals surface area contributed by atoms with E-state index in [1.807, 2.05) is 6.92 Å². The van der Waals surface area contributed by atoms with Gasteiger partial charge in [0.1, 0.15) is 0 Å². The molecule has 0 aromatic rings. The van der Waals surface area contributed by atoms with Gasteiger partial charge in [-0.1, -0.05) is 13.0 Å². The van der Waals surface area contributed by atoms with Crippen LogP contribution in [0.15, 0.2) is 11.6 Å². The fourth-order valence-corrected chi connectivity index (χ4v) is 1.01. The Morgan fingerprint density at radius 3 is 2.60 bits per heavy atom. The van der Waals surface area contributed by atoms with E-state index in [9.17, 15) is 9.59 Å². The third kappa shape index (κ3) is 6.68. The van der Waals surface area contributed by atoms with Crippen molar-refractivity contribution in [3.8, 4) is 0 Å². The Bertz CT molecular complexity index is 249. The number of ether oxygens (including phenoxy) is 1. The molecule has 0 fully saturated rings. The minimum atomic E-state index is -0.338. The number of hydrogen-bond donors (Lipinski definition) is 2. The lowest BCUT2D eigenvalue weighted by Gasteiger charge is -2.03. The largest absolute Gasteiger partial charge is 0.466 e. The van der Waals surface area contributed by atoms with Crippen LogP contribution in [0.3, 0.4) is 0 Å². The zero-order valence-electron chi connectivity index (χ0n) is 9.21. The molecular formula is C10H18N2O3. The molecular weight excluding hydrogens is 196 g/mol. The van der Waals surface area contributed by atoms with Crippen molar-refractivity contribution in [2.75, 3.05) is 20.2 Å². The van der Waals surface area contributed by atoms with Gasteiger partial charge in [-0.15, -0.1) is 0 Å². The number of rotatable bonds is 7. The molecule has 0 bridgehead atoms. The number of nitrogens with two attached hydrogens (primary N) is 1. The Morgan fingerprint density at radius 2 is 2.13 bits per heavy atom. The van der Waals surface area contributed by atoms with E-state index in [0.29, 0.717) is 31.5 Å². The third-order valence-corrected chi connectivity index (χ3v) is 1.87. The second-order valence-corrected chi connectivity index (χ2v) is 2.99. The standard InChI is InChI=1S/C10H18N2O3/c1-3-8(10(14)15-2)4-6-12-7-5-9(11)13/h4,12H,3,5-7H2,1-2H3,(H2,11,13). The van der Waals surface area contributed by atoms with Crippen molar-refractivity contribution in [2.45, 2.75) is 19.8 Å². The molecule has 1 amide bonds. The van der Waals surface area contributed by atoms with Crippen molar-refractivity contribution < 1.29 is 14.3 Å². The Morgan fingerprint density at radius 1 is 1.47 bits per heavy atom. The molecule has 3 N–H and O–H groups in total. The molecule has 0 aromatic carbocycles. The summed E-state index contributed by atoms with van der Waals surface area (Å²) in [5, 5.41) is 2.98. The first kappa shape index (κ1) is 13.6. The lowest BCUT2D eigenvalue weighted by atomic mass is 10.2. The molecule has 0 aliphatic rings. The van der Waals surface area contributed by atoms with Crippen molar-refractivity contribution in [3.63, 3.8) is 0 Å². The summed E-state index contributed by atoms with van der Waals surface area (Å²) < 4.78 is 4.59. The van der Waals surface area contributed by atoms with Gasteiger partial charge in [-0.05, 0) is 6.42 Å². The molecule has 0 atom stereocenters. The van der Waals surface area contributed by atoms with Crippen LogP contribution in [-0.2, 0) is 14.3 Å². The highest BCUT2D eigenvalue weighted by Crippen LogP contribution is 2.01. The van der Waals surface area contributed by atoms with Crippen molar-refractivity contribution >= 4 is 11.9 Å². The molecule has 0 aliphatic carbocycles. The summed E-state index contributed by atoms with van der Waals surface area (Å²) in [6.45, 7) is 2.93. The third-order valence-electron chi connectivity index (χ3n) is 1.87. The number of nitrogens with one attached hydrogen (secondary N) is 1. The highest BCUT2D eigenvalue weighted by molar-refractivity contribution is 5.88. The first-order valence-electron chi connectivity index (χ1n) is 4.88. The SMILES string of the molecule is CCC(=CCNCCC(N)=O)C(=O)OC. The van der Waals surface area contributed by atoms with Crippen molar-refractivity contribution in [1.82, 2.24) is 5.32 Å². The molecule has 0 unspecified atom stereocenters. The molecule has 5 heteroatoms. The second-order valence-electron chi connectivity index (χ2n) is 2.99. The van der Waals surface area contributed by atoms with E-state index in [-0.39, 0.29) is 11.9 Å². The van der Waals surface area contributed by atoms with Crippen LogP contribution in [0.25, 0.3) is 0 Å². The Hall–Kier alpha value is -1.36. The molecule has 0 aromatic heterocycles. The van der Waals surface area contributed by atoms with Crippen LogP contribution in [0, 0.1) is 0 Å². The van der Waals surface area contributed by atoms with E-state index < -0.39 is 0 Å². The van der Waals surface area contributed by atoms with Crippen LogP contribution >= 0.6 is 0 Å². The minimum absolute atomic E-state index is 0.299. The zero-order valence-corrected chi connectivity index (χ0v) is 9.21. The molecule has 15 heavy (non-hydrogen) atoms. The Kier molecular flexibility index (Phi) is 7.27. The molecule has 0 rings (SSSR count). The van der Waals surface area contributed by atoms with Gasteiger partial charge < -0.3 is 15.8 Å². The van der Waals surface area contributed by atoms with E-state index in [0.717, 1.165) is 0 Å². The van der Waals surface area contributed by atoms with Gasteiger partial charge in [-0.3, -0.25) is 4.79 Å². The number of methoxy groups -OCH3 is 1. The number of carbonyl (C=O) groups excluding carboxylic acids is 2. The lowest BCUT2D eigenvalue weighted by molar-refractivity contribution is -0.136. The van der Waals surface area contributed by atoms with Gasteiger partial charge in [0.2, 0.25) is 5.91 Å². The number of primary amides is 1. The molecule has 0 aliphatic heterocycles. The van der Waals surface area contributed by atoms with Crippen molar-refractivity contribution in [1.29, 1.82) is 0 Å². The molecule has 0 saturated carbocycles. The summed E-state index contributed by atoms with van der Waals surface area (Å²) >= 11 is 0. The van der Waals surface area contributed by atoms with Gasteiger partial charge in [-0.2, -0.15) is 0 Å². The zero-order chi connectivity index (χ0) is 11.7. The van der Waals surface area contributed by atoms with Gasteiger partial charge in [0, 0.05) is 25.1 Å². The summed E-state index contributed by atoms with van der Waals surface area (Å²) in [6.07, 6.45) is 2.69. The highest BCUT2D eigenvalue weighted by atomic mass is 16.5. The van der Waals surface area contributed by atoms with Crippen molar-refractivity contribution in [3.05, 3.63) is 11.6 Å². The minimum Gasteiger partial charge on any atom is -0.466 e. The van der Waals surface area contributed by atoms with Gasteiger partial charge in [0.25, 0.3) is 0 Å². The fraction of sp³-hybridized carbons (Fsp3) is 0.600. The summed E-state index contributed by atoms with van der Waals surface area (Å²) in [5.41, 5.74) is 5.59. The van der Waals surface area contributed by atoms with Crippen LogP contribution in [0.4, 0.5) is 0 Å². The van der Waals surface area contributed by atoms with E-state index in [2.05, 4.69) is 10.1 Å². The van der Waals surface area contributed by atoms with E-state index in [1.54, 1.807) is 6.08 Å². The molecule has 0 spiro atoms. The smallest absolute Gasteiger partial charge is 0.333 e. The van der Waals surface area contributed by atoms with Crippen LogP contribution < -0.4 is 11.1 Å². The number of amides is 1. The first-order valence-corrected chi connectivity index (χ1v) is 4.88. The number of carbonyl (C=O) groups is 2. The van der Waals surface area contributed by atoms with Gasteiger partial charge >= 0.3 is 5.97 Å². The predicted molar refractivity (Wildman–Crippen MR) is 57.1 cm³/mol. The van der Waals surface area contributed by atoms with Gasteiger partial charge in [0.05, 0.1) is 7.11 Å². The molecule has 0 heterocycles. The van der Waals surface area contributed by atoms with E-state index in [4.69, 9.17) is 5.73 Å². The summed E-state index contributed by atoms with van der Waals surface area (Å²) in [7, 11) is 1.35. The average Bonchev–Trinajstić information content (AvgIpc) is 2.22. The lowest BCUT2D eigenvalue weighted by Crippen LogP contribution is -2.22. The summed E-state index contributed by atoms with van der Waals surface area (Å²) in [6, 6.07) is 0. The van der Waals surface area contributed by atoms with E-state index in [1.165, 1.54) is 7.11 Å². The fourth-order valence-electron chi connectivity index (χ4n) is 1.01. The second kappa shape index (κ2) is 7.99. The van der Waals surface area contributed by atoms with Gasteiger partial charge in [0.15, 0.2) is 0 Å². The molecule has 0 saturated heterocycles. The Labute approximate surface area is 89.7 Å². The normalized spacial score (nSPS) is 11.2. The monoisotopic (exact) mass is 214 g/mol. The summed E-state index contributed by atoms with van der Waals surface area (Å²) in [5.74, 6) is -0.649. The van der Waals surface area contributed by atoms with E-state index >= 15 is 0 Å². The van der Waals surface area contributed by atoms with Crippen molar-refractivity contribution in [2.24, 2.45) is 5.73 Å². The van der Waals surface area contributed by atoms with Crippen LogP contribution in [0.1, 0.15) is 19.8 Å². The van der Waals surface area contributed by atoms with Gasteiger partial charge in [-0.25, -0.2) is 4.79 Å². The molecule has 0 radical (unpaired) electrons. The maximum Gasteiger partial charge on any atom is 0.333 e. The maximum atomic E-state index is 11.1.